The first-order valence-electron chi connectivity index (χ1n) is 9.79. The molecule has 0 atom stereocenters. The number of ether oxygens (including phenoxy) is 1. The van der Waals surface area contributed by atoms with Crippen LogP contribution in [0.4, 0.5) is 28.0 Å². The fourth-order valence-electron chi connectivity index (χ4n) is 3.02. The van der Waals surface area contributed by atoms with E-state index in [0.717, 1.165) is 11.8 Å². The van der Waals surface area contributed by atoms with Crippen molar-refractivity contribution in [2.75, 3.05) is 19.0 Å². The van der Waals surface area contributed by atoms with Crippen molar-refractivity contribution in [3.05, 3.63) is 77.4 Å². The van der Waals surface area contributed by atoms with E-state index in [9.17, 15) is 27.2 Å². The zero-order valence-corrected chi connectivity index (χ0v) is 17.7. The molecule has 0 spiro atoms. The van der Waals surface area contributed by atoms with Gasteiger partial charge in [0.25, 0.3) is 0 Å². The number of carbonyl (C=O) groups is 2. The molecule has 0 aliphatic rings. The average Bonchev–Trinajstić information content (AvgIpc) is 3.22. The van der Waals surface area contributed by atoms with E-state index in [1.165, 1.54) is 48.2 Å². The Bertz CT molecular complexity index is 1130. The summed E-state index contributed by atoms with van der Waals surface area (Å²) < 4.78 is 59.1. The standard InChI is InChI=1S/C22H20F4N4O3/c1-3-33-20(31)18-12-27-30(19(18)22(24,25)26)17-10-8-16(9-11-17)28-21(32)29(2)13-14-4-6-15(23)7-5-14/h4-12H,3,13H2,1-2H3,(H,28,32). The quantitative estimate of drug-likeness (QED) is 0.417. The Hall–Kier alpha value is -3.89. The van der Waals surface area contributed by atoms with Gasteiger partial charge in [0.15, 0.2) is 5.69 Å². The minimum absolute atomic E-state index is 0.0375. The van der Waals surface area contributed by atoms with E-state index in [2.05, 4.69) is 15.2 Å². The number of hydrogen-bond donors (Lipinski definition) is 1. The molecule has 3 aromatic rings. The van der Waals surface area contributed by atoms with Crippen molar-refractivity contribution in [2.24, 2.45) is 0 Å². The largest absolute Gasteiger partial charge is 0.462 e. The minimum atomic E-state index is -4.85. The molecule has 2 aromatic carbocycles. The third kappa shape index (κ3) is 5.68. The third-order valence-electron chi connectivity index (χ3n) is 4.58. The molecule has 0 fully saturated rings. The Kier molecular flexibility index (Phi) is 7.00. The number of benzene rings is 2. The Labute approximate surface area is 186 Å². The van der Waals surface area contributed by atoms with Crippen molar-refractivity contribution in [2.45, 2.75) is 19.6 Å². The number of hydrogen-bond acceptors (Lipinski definition) is 4. The van der Waals surface area contributed by atoms with Gasteiger partial charge in [-0.2, -0.15) is 18.3 Å². The van der Waals surface area contributed by atoms with Crippen molar-refractivity contribution in [3.8, 4) is 5.69 Å². The Morgan fingerprint density at radius 3 is 2.30 bits per heavy atom. The highest BCUT2D eigenvalue weighted by molar-refractivity contribution is 5.91. The second kappa shape index (κ2) is 9.72. The van der Waals surface area contributed by atoms with Gasteiger partial charge in [0.05, 0.1) is 18.5 Å². The average molecular weight is 464 g/mol. The molecule has 1 heterocycles. The summed E-state index contributed by atoms with van der Waals surface area (Å²) in [6, 6.07) is 10.7. The van der Waals surface area contributed by atoms with Gasteiger partial charge >= 0.3 is 18.2 Å². The summed E-state index contributed by atoms with van der Waals surface area (Å²) in [6.07, 6.45) is -4.05. The van der Waals surface area contributed by atoms with E-state index in [1.54, 1.807) is 19.2 Å². The topological polar surface area (TPSA) is 76.5 Å². The lowest BCUT2D eigenvalue weighted by molar-refractivity contribution is -0.143. The van der Waals surface area contributed by atoms with Crippen molar-refractivity contribution in [1.82, 2.24) is 14.7 Å². The van der Waals surface area contributed by atoms with Crippen molar-refractivity contribution in [1.29, 1.82) is 0 Å². The molecule has 0 saturated heterocycles. The number of carbonyl (C=O) groups excluding carboxylic acids is 2. The number of aromatic nitrogens is 2. The molecule has 3 rings (SSSR count). The molecule has 0 aliphatic heterocycles. The second-order valence-electron chi connectivity index (χ2n) is 7.00. The van der Waals surface area contributed by atoms with Gasteiger partial charge in [-0.15, -0.1) is 0 Å². The van der Waals surface area contributed by atoms with E-state index in [-0.39, 0.29) is 24.7 Å². The van der Waals surface area contributed by atoms with Gasteiger partial charge in [0.1, 0.15) is 11.4 Å². The molecular formula is C22H20F4N4O3. The van der Waals surface area contributed by atoms with E-state index >= 15 is 0 Å². The first-order valence-corrected chi connectivity index (χ1v) is 9.79. The lowest BCUT2D eigenvalue weighted by atomic mass is 10.2. The zero-order valence-electron chi connectivity index (χ0n) is 17.7. The van der Waals surface area contributed by atoms with Crippen LogP contribution in [-0.2, 0) is 17.5 Å². The van der Waals surface area contributed by atoms with E-state index in [0.29, 0.717) is 10.4 Å². The maximum Gasteiger partial charge on any atom is 0.434 e. The summed E-state index contributed by atoms with van der Waals surface area (Å²) in [5.41, 5.74) is -0.849. The number of nitrogens with one attached hydrogen (secondary N) is 1. The third-order valence-corrected chi connectivity index (χ3v) is 4.58. The molecule has 0 aliphatic carbocycles. The monoisotopic (exact) mass is 464 g/mol. The van der Waals surface area contributed by atoms with Crippen LogP contribution in [0.25, 0.3) is 5.69 Å². The molecule has 0 bridgehead atoms. The predicted molar refractivity (Wildman–Crippen MR) is 111 cm³/mol. The summed E-state index contributed by atoms with van der Waals surface area (Å²) in [4.78, 5) is 25.6. The molecule has 0 unspecified atom stereocenters. The van der Waals surface area contributed by atoms with Crippen LogP contribution in [0.3, 0.4) is 0 Å². The summed E-state index contributed by atoms with van der Waals surface area (Å²) in [5, 5.41) is 6.33. The van der Waals surface area contributed by atoms with Crippen LogP contribution in [0.5, 0.6) is 0 Å². The minimum Gasteiger partial charge on any atom is -0.462 e. The Balaban J connectivity index is 1.75. The molecular weight excluding hydrogens is 444 g/mol. The number of nitrogens with zero attached hydrogens (tertiary/aromatic N) is 3. The van der Waals surface area contributed by atoms with E-state index in [1.807, 2.05) is 0 Å². The molecule has 11 heteroatoms. The number of anilines is 1. The maximum atomic E-state index is 13.6. The predicted octanol–water partition coefficient (Wildman–Crippen LogP) is 4.87. The summed E-state index contributed by atoms with van der Waals surface area (Å²) in [7, 11) is 1.54. The van der Waals surface area contributed by atoms with E-state index in [4.69, 9.17) is 0 Å². The SMILES string of the molecule is CCOC(=O)c1cnn(-c2ccc(NC(=O)N(C)Cc3ccc(F)cc3)cc2)c1C(F)(F)F. The lowest BCUT2D eigenvalue weighted by Gasteiger charge is -2.18. The normalized spacial score (nSPS) is 11.2. The van der Waals surface area contributed by atoms with Gasteiger partial charge in [-0.25, -0.2) is 18.7 Å². The van der Waals surface area contributed by atoms with Crippen LogP contribution >= 0.6 is 0 Å². The van der Waals surface area contributed by atoms with Gasteiger partial charge in [-0.1, -0.05) is 12.1 Å². The van der Waals surface area contributed by atoms with Crippen LogP contribution in [0.2, 0.25) is 0 Å². The van der Waals surface area contributed by atoms with Gasteiger partial charge in [-0.3, -0.25) is 0 Å². The Morgan fingerprint density at radius 1 is 1.09 bits per heavy atom. The molecule has 33 heavy (non-hydrogen) atoms. The van der Waals surface area contributed by atoms with E-state index < -0.39 is 29.4 Å². The number of rotatable bonds is 6. The molecule has 0 saturated carbocycles. The number of halogens is 4. The molecule has 2 amide bonds. The zero-order chi connectivity index (χ0) is 24.2. The fourth-order valence-corrected chi connectivity index (χ4v) is 3.02. The Morgan fingerprint density at radius 2 is 1.73 bits per heavy atom. The molecule has 1 N–H and O–H groups in total. The second-order valence-corrected chi connectivity index (χ2v) is 7.00. The smallest absolute Gasteiger partial charge is 0.434 e. The van der Waals surface area contributed by atoms with Crippen LogP contribution in [0.15, 0.2) is 54.7 Å². The first-order chi connectivity index (χ1) is 15.6. The van der Waals surface area contributed by atoms with Crippen molar-refractivity contribution < 1.29 is 31.9 Å². The first kappa shape index (κ1) is 23.8. The van der Waals surface area contributed by atoms with Gasteiger partial charge in [0.2, 0.25) is 0 Å². The van der Waals surface area contributed by atoms with Gasteiger partial charge < -0.3 is 15.0 Å². The number of amides is 2. The number of alkyl halides is 3. The molecule has 7 nitrogen and oxygen atoms in total. The number of esters is 1. The van der Waals surface area contributed by atoms with Crippen LogP contribution in [-0.4, -0.2) is 40.3 Å². The maximum absolute atomic E-state index is 13.6. The van der Waals surface area contributed by atoms with Crippen LogP contribution < -0.4 is 5.32 Å². The summed E-state index contributed by atoms with van der Waals surface area (Å²) in [6.45, 7) is 1.63. The van der Waals surface area contributed by atoms with Crippen molar-refractivity contribution in [3.63, 3.8) is 0 Å². The highest BCUT2D eigenvalue weighted by Gasteiger charge is 2.41. The fraction of sp³-hybridized carbons (Fsp3) is 0.227. The molecule has 174 valence electrons. The van der Waals surface area contributed by atoms with Gasteiger partial charge in [0, 0.05) is 19.3 Å². The highest BCUT2D eigenvalue weighted by Crippen LogP contribution is 2.34. The number of urea groups is 1. The summed E-state index contributed by atoms with van der Waals surface area (Å²) >= 11 is 0. The van der Waals surface area contributed by atoms with Crippen molar-refractivity contribution >= 4 is 17.7 Å². The molecule has 0 radical (unpaired) electrons. The molecule has 1 aromatic heterocycles. The highest BCUT2D eigenvalue weighted by atomic mass is 19.4. The van der Waals surface area contributed by atoms with Gasteiger partial charge in [-0.05, 0) is 48.9 Å². The van der Waals surface area contributed by atoms with Crippen LogP contribution in [0.1, 0.15) is 28.5 Å². The summed E-state index contributed by atoms with van der Waals surface area (Å²) in [5.74, 6) is -1.50. The van der Waals surface area contributed by atoms with Crippen LogP contribution in [0, 0.1) is 5.82 Å². The lowest BCUT2D eigenvalue weighted by Crippen LogP contribution is -2.30.